The molecule has 3 aromatic rings. The Morgan fingerprint density at radius 1 is 1.30 bits per heavy atom. The predicted octanol–water partition coefficient (Wildman–Crippen LogP) is 3.72. The highest BCUT2D eigenvalue weighted by Crippen LogP contribution is 2.31. The first-order valence-corrected chi connectivity index (χ1v) is 11.8. The molecule has 33 heavy (non-hydrogen) atoms. The van der Waals surface area contributed by atoms with Crippen LogP contribution < -0.4 is 19.6 Å². The third-order valence-electron chi connectivity index (χ3n) is 4.95. The number of aromatic nitrogens is 1. The molecule has 0 N–H and O–H groups in total. The van der Waals surface area contributed by atoms with Crippen LogP contribution in [0.25, 0.3) is 6.08 Å². The van der Waals surface area contributed by atoms with E-state index in [0.717, 1.165) is 5.56 Å². The van der Waals surface area contributed by atoms with Crippen molar-refractivity contribution >= 4 is 39.3 Å². The second kappa shape index (κ2) is 9.76. The zero-order valence-corrected chi connectivity index (χ0v) is 20.4. The Morgan fingerprint density at radius 3 is 2.70 bits per heavy atom. The summed E-state index contributed by atoms with van der Waals surface area (Å²) in [5, 5.41) is 0. The minimum Gasteiger partial charge on any atom is -0.490 e. The molecule has 0 bridgehead atoms. The zero-order chi connectivity index (χ0) is 23.5. The molecule has 170 valence electrons. The fraction of sp³-hybridized carbons (Fsp3) is 0.208. The standard InChI is InChI=1S/C24H21BrN2O5S/c1-4-12-31-16-8-6-15(7-9-16)21-20(23(29)30-5-2)14(3)26-24-27(21)22(28)18(33-24)13-17-10-11-19(25)32-17/h4,6-11,13,21H,1,5,12H2,2-3H3. The third kappa shape index (κ3) is 4.65. The number of halogens is 1. The number of rotatable bonds is 7. The molecule has 1 aromatic carbocycles. The second-order valence-corrected chi connectivity index (χ2v) is 8.90. The molecule has 9 heteroatoms. The lowest BCUT2D eigenvalue weighted by Crippen LogP contribution is -2.39. The third-order valence-corrected chi connectivity index (χ3v) is 6.36. The molecule has 7 nitrogen and oxygen atoms in total. The fourth-order valence-corrected chi connectivity index (χ4v) is 4.89. The zero-order valence-electron chi connectivity index (χ0n) is 18.0. The fourth-order valence-electron chi connectivity index (χ4n) is 3.54. The molecule has 1 aliphatic heterocycles. The highest BCUT2D eigenvalue weighted by atomic mass is 79.9. The summed E-state index contributed by atoms with van der Waals surface area (Å²) in [6.07, 6.45) is 3.33. The quantitative estimate of drug-likeness (QED) is 0.344. The molecule has 0 fully saturated rings. The molecule has 2 aromatic heterocycles. The number of hydrogen-bond donors (Lipinski definition) is 0. The summed E-state index contributed by atoms with van der Waals surface area (Å²) in [5.41, 5.74) is 1.32. The Kier molecular flexibility index (Phi) is 6.80. The van der Waals surface area contributed by atoms with Gasteiger partial charge in [-0.25, -0.2) is 9.79 Å². The minimum absolute atomic E-state index is 0.217. The van der Waals surface area contributed by atoms with Crippen molar-refractivity contribution in [3.63, 3.8) is 0 Å². The number of benzene rings is 1. The van der Waals surface area contributed by atoms with E-state index in [-0.39, 0.29) is 12.2 Å². The van der Waals surface area contributed by atoms with Crippen molar-refractivity contribution in [3.05, 3.63) is 96.0 Å². The van der Waals surface area contributed by atoms with Crippen LogP contribution in [0, 0.1) is 0 Å². The molecule has 0 spiro atoms. The van der Waals surface area contributed by atoms with E-state index in [2.05, 4.69) is 27.5 Å². The number of allylic oxidation sites excluding steroid dienone is 1. The first kappa shape index (κ1) is 23.0. The van der Waals surface area contributed by atoms with Gasteiger partial charge in [-0.15, -0.1) is 0 Å². The number of esters is 1. The maximum Gasteiger partial charge on any atom is 0.338 e. The summed E-state index contributed by atoms with van der Waals surface area (Å²) in [6.45, 7) is 7.74. The van der Waals surface area contributed by atoms with Gasteiger partial charge in [0.05, 0.1) is 28.5 Å². The van der Waals surface area contributed by atoms with Crippen LogP contribution in [0.2, 0.25) is 0 Å². The van der Waals surface area contributed by atoms with Crippen molar-refractivity contribution in [2.75, 3.05) is 13.2 Å². The Labute approximate surface area is 202 Å². The molecule has 1 unspecified atom stereocenters. The van der Waals surface area contributed by atoms with Crippen LogP contribution in [0.5, 0.6) is 5.75 Å². The van der Waals surface area contributed by atoms with Gasteiger partial charge in [-0.05, 0) is 59.6 Å². The van der Waals surface area contributed by atoms with Crippen molar-refractivity contribution in [2.45, 2.75) is 19.9 Å². The number of carbonyl (C=O) groups excluding carboxylic acids is 1. The van der Waals surface area contributed by atoms with Crippen LogP contribution in [-0.4, -0.2) is 23.8 Å². The largest absolute Gasteiger partial charge is 0.490 e. The highest BCUT2D eigenvalue weighted by molar-refractivity contribution is 9.10. The summed E-state index contributed by atoms with van der Waals surface area (Å²) >= 11 is 4.51. The van der Waals surface area contributed by atoms with Crippen LogP contribution >= 0.6 is 27.3 Å². The van der Waals surface area contributed by atoms with Gasteiger partial charge < -0.3 is 13.9 Å². The van der Waals surface area contributed by atoms with E-state index in [9.17, 15) is 9.59 Å². The number of thiazole rings is 1. The highest BCUT2D eigenvalue weighted by Gasteiger charge is 2.33. The van der Waals surface area contributed by atoms with Gasteiger partial charge in [0.15, 0.2) is 9.47 Å². The number of fused-ring (bicyclic) bond motifs is 1. The molecule has 1 atom stereocenters. The smallest absolute Gasteiger partial charge is 0.338 e. The Bertz CT molecular complexity index is 1410. The molecule has 0 amide bonds. The Balaban J connectivity index is 1.88. The molecule has 0 radical (unpaired) electrons. The van der Waals surface area contributed by atoms with Gasteiger partial charge in [0, 0.05) is 6.08 Å². The van der Waals surface area contributed by atoms with Gasteiger partial charge in [0.1, 0.15) is 18.1 Å². The lowest BCUT2D eigenvalue weighted by molar-refractivity contribution is -0.139. The van der Waals surface area contributed by atoms with E-state index in [1.807, 2.05) is 12.1 Å². The van der Waals surface area contributed by atoms with Gasteiger partial charge in [0.25, 0.3) is 5.56 Å². The van der Waals surface area contributed by atoms with E-state index >= 15 is 0 Å². The van der Waals surface area contributed by atoms with E-state index in [0.29, 0.717) is 43.4 Å². The molecule has 3 heterocycles. The van der Waals surface area contributed by atoms with Crippen LogP contribution in [0.1, 0.15) is 31.2 Å². The Morgan fingerprint density at radius 2 is 2.06 bits per heavy atom. The molecule has 1 aliphatic rings. The van der Waals surface area contributed by atoms with E-state index in [1.54, 1.807) is 50.3 Å². The summed E-state index contributed by atoms with van der Waals surface area (Å²) in [4.78, 5) is 31.4. The topological polar surface area (TPSA) is 83.0 Å². The van der Waals surface area contributed by atoms with Gasteiger partial charge in [-0.3, -0.25) is 9.36 Å². The molecule has 4 rings (SSSR count). The van der Waals surface area contributed by atoms with Gasteiger partial charge in [-0.1, -0.05) is 36.1 Å². The number of furan rings is 1. The van der Waals surface area contributed by atoms with Gasteiger partial charge >= 0.3 is 5.97 Å². The monoisotopic (exact) mass is 528 g/mol. The van der Waals surface area contributed by atoms with E-state index < -0.39 is 12.0 Å². The second-order valence-electron chi connectivity index (χ2n) is 7.11. The predicted molar refractivity (Wildman–Crippen MR) is 129 cm³/mol. The summed E-state index contributed by atoms with van der Waals surface area (Å²) in [6, 6.07) is 10.1. The number of nitrogens with zero attached hydrogens (tertiary/aromatic N) is 2. The Hall–Kier alpha value is -3.17. The lowest BCUT2D eigenvalue weighted by Gasteiger charge is -2.24. The SMILES string of the molecule is C=CCOc1ccc(C2C(C(=O)OCC)=C(C)N=c3sc(=Cc4ccc(Br)o4)c(=O)n32)cc1. The number of ether oxygens (including phenoxy) is 2. The summed E-state index contributed by atoms with van der Waals surface area (Å²) in [5.74, 6) is 0.696. The van der Waals surface area contributed by atoms with E-state index in [4.69, 9.17) is 13.9 Å². The molecule has 0 saturated carbocycles. The van der Waals surface area contributed by atoms with Crippen molar-refractivity contribution < 1.29 is 18.7 Å². The van der Waals surface area contributed by atoms with Crippen molar-refractivity contribution in [3.8, 4) is 5.75 Å². The van der Waals surface area contributed by atoms with Crippen LogP contribution in [0.3, 0.4) is 0 Å². The summed E-state index contributed by atoms with van der Waals surface area (Å²) < 4.78 is 19.0. The molecule has 0 aliphatic carbocycles. The molecular formula is C24H21BrN2O5S. The van der Waals surface area contributed by atoms with Crippen LogP contribution in [-0.2, 0) is 9.53 Å². The average molecular weight is 529 g/mol. The van der Waals surface area contributed by atoms with Gasteiger partial charge in [0.2, 0.25) is 0 Å². The van der Waals surface area contributed by atoms with Crippen LogP contribution in [0.15, 0.2) is 79.2 Å². The number of hydrogen-bond acceptors (Lipinski definition) is 7. The summed E-state index contributed by atoms with van der Waals surface area (Å²) in [7, 11) is 0. The van der Waals surface area contributed by atoms with Crippen molar-refractivity contribution in [1.29, 1.82) is 0 Å². The average Bonchev–Trinajstić information content (AvgIpc) is 3.34. The molecular weight excluding hydrogens is 508 g/mol. The van der Waals surface area contributed by atoms with Gasteiger partial charge in [-0.2, -0.15) is 0 Å². The maximum absolute atomic E-state index is 13.5. The van der Waals surface area contributed by atoms with Crippen molar-refractivity contribution in [2.24, 2.45) is 4.99 Å². The van der Waals surface area contributed by atoms with Crippen LogP contribution in [0.4, 0.5) is 0 Å². The lowest BCUT2D eigenvalue weighted by atomic mass is 9.96. The first-order chi connectivity index (χ1) is 15.9. The minimum atomic E-state index is -0.681. The van der Waals surface area contributed by atoms with Crippen molar-refractivity contribution in [1.82, 2.24) is 4.57 Å². The maximum atomic E-state index is 13.5. The first-order valence-electron chi connectivity index (χ1n) is 10.2. The number of carbonyl (C=O) groups is 1. The molecule has 0 saturated heterocycles. The van der Waals surface area contributed by atoms with E-state index in [1.165, 1.54) is 15.9 Å². The normalized spacial score (nSPS) is 15.7.